The molecule has 102 valence electrons. The lowest BCUT2D eigenvalue weighted by atomic mass is 10.0. The van der Waals surface area contributed by atoms with Crippen molar-refractivity contribution in [2.45, 2.75) is 13.8 Å². The number of methoxy groups -OCH3 is 1. The van der Waals surface area contributed by atoms with Crippen molar-refractivity contribution in [1.82, 2.24) is 0 Å². The van der Waals surface area contributed by atoms with Crippen molar-refractivity contribution in [3.05, 3.63) is 59.2 Å². The molecular weight excluding hydrogens is 271 g/mol. The van der Waals surface area contributed by atoms with Crippen LogP contribution in [0.5, 0.6) is 5.75 Å². The second-order valence-electron chi connectivity index (χ2n) is 4.54. The van der Waals surface area contributed by atoms with E-state index in [4.69, 9.17) is 4.74 Å². The number of hydrogen-bond donors (Lipinski definition) is 0. The van der Waals surface area contributed by atoms with Crippen molar-refractivity contribution in [3.8, 4) is 5.75 Å². The molecule has 20 heavy (non-hydrogen) atoms. The Hall–Kier alpha value is -1.99. The van der Waals surface area contributed by atoms with Gasteiger partial charge in [-0.2, -0.15) is 0 Å². The zero-order valence-electron chi connectivity index (χ0n) is 11.7. The van der Waals surface area contributed by atoms with Gasteiger partial charge in [0.2, 0.25) is 5.30 Å². The third-order valence-electron chi connectivity index (χ3n) is 3.18. The van der Waals surface area contributed by atoms with E-state index >= 15 is 0 Å². The van der Waals surface area contributed by atoms with Gasteiger partial charge in [0.15, 0.2) is 5.75 Å². The van der Waals surface area contributed by atoms with Crippen LogP contribution in [-0.4, -0.2) is 12.6 Å². The number of benzene rings is 2. The van der Waals surface area contributed by atoms with Crippen molar-refractivity contribution in [3.63, 3.8) is 0 Å². The maximum absolute atomic E-state index is 12.5. The number of carbonyl (C=O) groups is 1. The van der Waals surface area contributed by atoms with Crippen LogP contribution in [0.4, 0.5) is 0 Å². The Labute approximate surface area is 119 Å². The molecular formula is C16H16O3P+. The fraction of sp³-hybridized carbons (Fsp3) is 0.188. The van der Waals surface area contributed by atoms with Gasteiger partial charge in [0.1, 0.15) is 0 Å². The molecule has 0 saturated heterocycles. The Kier molecular flexibility index (Phi) is 4.31. The highest BCUT2D eigenvalue weighted by Gasteiger charge is 2.37. The van der Waals surface area contributed by atoms with Crippen LogP contribution in [0.1, 0.15) is 21.5 Å². The van der Waals surface area contributed by atoms with Crippen molar-refractivity contribution >= 4 is 18.6 Å². The minimum absolute atomic E-state index is 0.347. The molecule has 0 radical (unpaired) electrons. The summed E-state index contributed by atoms with van der Waals surface area (Å²) in [5.41, 5.74) is 1.88. The largest absolute Gasteiger partial charge is 0.492 e. The van der Waals surface area contributed by atoms with Gasteiger partial charge in [-0.1, -0.05) is 34.9 Å². The van der Waals surface area contributed by atoms with E-state index in [0.29, 0.717) is 16.6 Å². The Morgan fingerprint density at radius 1 is 1.00 bits per heavy atom. The number of aryl methyl sites for hydroxylation is 2. The minimum atomic E-state index is -2.19. The highest BCUT2D eigenvalue weighted by Crippen LogP contribution is 2.32. The van der Waals surface area contributed by atoms with E-state index in [1.165, 1.54) is 7.11 Å². The topological polar surface area (TPSA) is 43.4 Å². The predicted octanol–water partition coefficient (Wildman–Crippen LogP) is 3.61. The molecule has 0 bridgehead atoms. The van der Waals surface area contributed by atoms with E-state index in [1.54, 1.807) is 24.3 Å². The monoisotopic (exact) mass is 287 g/mol. The van der Waals surface area contributed by atoms with E-state index in [0.717, 1.165) is 11.1 Å². The average Bonchev–Trinajstić information content (AvgIpc) is 2.46. The van der Waals surface area contributed by atoms with E-state index in [2.05, 4.69) is 0 Å². The number of ether oxygens (including phenoxy) is 1. The van der Waals surface area contributed by atoms with Gasteiger partial charge in [-0.3, -0.25) is 0 Å². The molecule has 0 amide bonds. The molecule has 2 aromatic carbocycles. The molecule has 2 aromatic rings. The van der Waals surface area contributed by atoms with Crippen LogP contribution in [0.3, 0.4) is 0 Å². The quantitative estimate of drug-likeness (QED) is 0.807. The summed E-state index contributed by atoms with van der Waals surface area (Å²) in [6, 6.07) is 12.5. The van der Waals surface area contributed by atoms with Crippen molar-refractivity contribution < 1.29 is 14.1 Å². The molecule has 0 saturated carbocycles. The maximum Gasteiger partial charge on any atom is 0.462 e. The molecule has 0 aromatic heterocycles. The molecule has 1 unspecified atom stereocenters. The van der Waals surface area contributed by atoms with Crippen LogP contribution in [-0.2, 0) is 4.57 Å². The molecule has 0 heterocycles. The number of hydrogen-bond acceptors (Lipinski definition) is 3. The second-order valence-corrected chi connectivity index (χ2v) is 6.01. The van der Waals surface area contributed by atoms with Gasteiger partial charge in [-0.05, 0) is 37.1 Å². The van der Waals surface area contributed by atoms with Gasteiger partial charge in [-0.25, -0.2) is 4.79 Å². The smallest absolute Gasteiger partial charge is 0.462 e. The molecule has 0 aliphatic rings. The van der Waals surface area contributed by atoms with E-state index in [1.807, 2.05) is 32.0 Å². The zero-order chi connectivity index (χ0) is 14.7. The van der Waals surface area contributed by atoms with Gasteiger partial charge < -0.3 is 4.74 Å². The third kappa shape index (κ3) is 2.63. The average molecular weight is 287 g/mol. The van der Waals surface area contributed by atoms with E-state index < -0.39 is 7.80 Å². The van der Waals surface area contributed by atoms with Gasteiger partial charge >= 0.3 is 13.3 Å². The summed E-state index contributed by atoms with van der Waals surface area (Å²) < 4.78 is 17.7. The highest BCUT2D eigenvalue weighted by atomic mass is 31.1. The Morgan fingerprint density at radius 2 is 1.60 bits per heavy atom. The molecule has 0 N–H and O–H groups in total. The minimum Gasteiger partial charge on any atom is -0.492 e. The number of carbonyl (C=O) groups excluding carboxylic acids is 1. The van der Waals surface area contributed by atoms with Crippen molar-refractivity contribution in [1.29, 1.82) is 0 Å². The van der Waals surface area contributed by atoms with Gasteiger partial charge in [-0.15, -0.1) is 0 Å². The lowest BCUT2D eigenvalue weighted by Gasteiger charge is -2.03. The SMILES string of the molecule is COc1ccccc1[P+](=O)C(=O)c1c(C)cccc1C. The molecule has 0 fully saturated rings. The Bertz CT molecular complexity index is 657. The molecule has 3 nitrogen and oxygen atoms in total. The second kappa shape index (κ2) is 5.98. The summed E-state index contributed by atoms with van der Waals surface area (Å²) in [5.74, 6) is 0.480. The molecule has 4 heteroatoms. The molecule has 0 aliphatic carbocycles. The summed E-state index contributed by atoms with van der Waals surface area (Å²) in [6.45, 7) is 3.71. The van der Waals surface area contributed by atoms with Crippen LogP contribution in [0.2, 0.25) is 0 Å². The third-order valence-corrected chi connectivity index (χ3v) is 4.58. The van der Waals surface area contributed by atoms with Gasteiger partial charge in [0.05, 0.1) is 12.7 Å². The fourth-order valence-electron chi connectivity index (χ4n) is 2.16. The van der Waals surface area contributed by atoms with E-state index in [9.17, 15) is 9.36 Å². The Balaban J connectivity index is 2.46. The molecule has 2 rings (SSSR count). The molecule has 0 aliphatic heterocycles. The normalized spacial score (nSPS) is 11.1. The Morgan fingerprint density at radius 3 is 2.20 bits per heavy atom. The summed E-state index contributed by atoms with van der Waals surface area (Å²) >= 11 is 0. The van der Waals surface area contributed by atoms with Crippen LogP contribution < -0.4 is 10.0 Å². The summed E-state index contributed by atoms with van der Waals surface area (Å²) in [6.07, 6.45) is 0. The van der Waals surface area contributed by atoms with Crippen LogP contribution in [0.25, 0.3) is 0 Å². The summed E-state index contributed by atoms with van der Waals surface area (Å²) in [4.78, 5) is 12.5. The molecule has 1 atom stereocenters. The van der Waals surface area contributed by atoms with Crippen LogP contribution >= 0.6 is 7.80 Å². The number of rotatable bonds is 4. The first-order valence-electron chi connectivity index (χ1n) is 6.27. The predicted molar refractivity (Wildman–Crippen MR) is 80.5 cm³/mol. The first-order valence-corrected chi connectivity index (χ1v) is 7.53. The van der Waals surface area contributed by atoms with Crippen LogP contribution in [0, 0.1) is 13.8 Å². The van der Waals surface area contributed by atoms with Gasteiger partial charge in [0, 0.05) is 0 Å². The van der Waals surface area contributed by atoms with Gasteiger partial charge in [0.25, 0.3) is 0 Å². The summed E-state index contributed by atoms with van der Waals surface area (Å²) in [7, 11) is -0.681. The molecule has 0 spiro atoms. The van der Waals surface area contributed by atoms with Crippen molar-refractivity contribution in [2.75, 3.05) is 7.11 Å². The van der Waals surface area contributed by atoms with Crippen LogP contribution in [0.15, 0.2) is 42.5 Å². The first kappa shape index (κ1) is 14.4. The first-order chi connectivity index (χ1) is 9.56. The fourth-order valence-corrected chi connectivity index (χ4v) is 3.52. The highest BCUT2D eigenvalue weighted by molar-refractivity contribution is 7.71. The van der Waals surface area contributed by atoms with E-state index in [-0.39, 0.29) is 5.52 Å². The lowest BCUT2D eigenvalue weighted by Crippen LogP contribution is -2.09. The maximum atomic E-state index is 12.5. The zero-order valence-corrected chi connectivity index (χ0v) is 12.6. The summed E-state index contributed by atoms with van der Waals surface area (Å²) in [5, 5.41) is 0.442. The lowest BCUT2D eigenvalue weighted by molar-refractivity contribution is 0.107. The standard InChI is InChI=1S/C16H16O3P/c1-11-7-6-8-12(2)15(11)16(17)20(18)14-10-5-4-9-13(14)19-3/h4-10H,1-3H3/q+1. The van der Waals surface area contributed by atoms with Crippen molar-refractivity contribution in [2.24, 2.45) is 0 Å². The number of para-hydroxylation sites is 1.